The summed E-state index contributed by atoms with van der Waals surface area (Å²) >= 11 is 0. The lowest BCUT2D eigenvalue weighted by atomic mass is 10.1. The van der Waals surface area contributed by atoms with E-state index in [0.29, 0.717) is 0 Å². The van der Waals surface area contributed by atoms with Gasteiger partial charge in [-0.25, -0.2) is 4.79 Å². The van der Waals surface area contributed by atoms with Crippen LogP contribution in [0.1, 0.15) is 32.4 Å². The first kappa shape index (κ1) is 14.0. The minimum atomic E-state index is -0.638. The van der Waals surface area contributed by atoms with E-state index in [0.717, 1.165) is 5.56 Å². The van der Waals surface area contributed by atoms with Crippen LogP contribution in [-0.2, 0) is 4.74 Å². The highest BCUT2D eigenvalue weighted by Gasteiger charge is 2.26. The lowest BCUT2D eigenvalue weighted by molar-refractivity contribution is 0.0258. The summed E-state index contributed by atoms with van der Waals surface area (Å²) in [7, 11) is 1.56. The number of carbonyl (C=O) groups is 1. The van der Waals surface area contributed by atoms with Gasteiger partial charge in [-0.15, -0.1) is 0 Å². The van der Waals surface area contributed by atoms with E-state index in [9.17, 15) is 10.1 Å². The molecule has 0 heterocycles. The molecule has 1 amide bonds. The molecule has 1 aromatic carbocycles. The highest BCUT2D eigenvalue weighted by Crippen LogP contribution is 2.20. The molecule has 1 atom stereocenters. The molecule has 0 radical (unpaired) electrons. The van der Waals surface area contributed by atoms with Gasteiger partial charge in [-0.2, -0.15) is 5.26 Å². The van der Waals surface area contributed by atoms with Gasteiger partial charge in [0.2, 0.25) is 0 Å². The third kappa shape index (κ3) is 3.77. The van der Waals surface area contributed by atoms with E-state index in [2.05, 4.69) is 6.07 Å². The van der Waals surface area contributed by atoms with Crippen LogP contribution in [0.2, 0.25) is 0 Å². The van der Waals surface area contributed by atoms with Crippen molar-refractivity contribution in [2.75, 3.05) is 7.05 Å². The summed E-state index contributed by atoms with van der Waals surface area (Å²) in [6.45, 7) is 5.38. The Bertz CT molecular complexity index is 443. The molecule has 0 saturated carbocycles. The Morgan fingerprint density at radius 2 is 1.89 bits per heavy atom. The van der Waals surface area contributed by atoms with Crippen LogP contribution in [0.25, 0.3) is 0 Å². The number of carbonyl (C=O) groups excluding carboxylic acids is 1. The number of hydrogen-bond acceptors (Lipinski definition) is 3. The van der Waals surface area contributed by atoms with Gasteiger partial charge in [-0.05, 0) is 26.3 Å². The van der Waals surface area contributed by atoms with E-state index >= 15 is 0 Å². The van der Waals surface area contributed by atoms with Gasteiger partial charge in [0.15, 0.2) is 0 Å². The summed E-state index contributed by atoms with van der Waals surface area (Å²) in [6.07, 6.45) is -0.502. The molecule has 0 aliphatic rings. The number of hydrogen-bond donors (Lipinski definition) is 0. The maximum atomic E-state index is 11.9. The fourth-order valence-electron chi connectivity index (χ4n) is 1.46. The number of rotatable bonds is 2. The maximum absolute atomic E-state index is 11.9. The summed E-state index contributed by atoms with van der Waals surface area (Å²) < 4.78 is 5.24. The van der Waals surface area contributed by atoms with Crippen molar-refractivity contribution in [1.29, 1.82) is 5.26 Å². The molecule has 4 heteroatoms. The highest BCUT2D eigenvalue weighted by molar-refractivity contribution is 5.69. The van der Waals surface area contributed by atoms with Gasteiger partial charge >= 0.3 is 6.09 Å². The van der Waals surface area contributed by atoms with Crippen LogP contribution in [-0.4, -0.2) is 23.6 Å². The van der Waals surface area contributed by atoms with Crippen molar-refractivity contribution in [1.82, 2.24) is 4.90 Å². The Kier molecular flexibility index (Phi) is 4.33. The molecule has 0 N–H and O–H groups in total. The normalized spacial score (nSPS) is 12.4. The van der Waals surface area contributed by atoms with Crippen molar-refractivity contribution in [3.8, 4) is 6.07 Å². The Labute approximate surface area is 108 Å². The topological polar surface area (TPSA) is 53.3 Å². The van der Waals surface area contributed by atoms with Crippen molar-refractivity contribution in [2.45, 2.75) is 32.4 Å². The summed E-state index contributed by atoms with van der Waals surface area (Å²) in [5.41, 5.74) is 0.204. The smallest absolute Gasteiger partial charge is 0.411 e. The van der Waals surface area contributed by atoms with E-state index < -0.39 is 17.7 Å². The summed E-state index contributed by atoms with van der Waals surface area (Å²) in [4.78, 5) is 13.2. The molecule has 0 fully saturated rings. The molecular formula is C14H18N2O2. The average Bonchev–Trinajstić information content (AvgIpc) is 2.29. The van der Waals surface area contributed by atoms with E-state index in [1.807, 2.05) is 30.3 Å². The molecule has 0 aliphatic carbocycles. The Morgan fingerprint density at radius 1 is 1.33 bits per heavy atom. The third-order valence-corrected chi connectivity index (χ3v) is 2.31. The quantitative estimate of drug-likeness (QED) is 0.805. The fourth-order valence-corrected chi connectivity index (χ4v) is 1.46. The van der Waals surface area contributed by atoms with Crippen LogP contribution in [0.4, 0.5) is 4.79 Å². The third-order valence-electron chi connectivity index (χ3n) is 2.31. The molecule has 0 spiro atoms. The monoisotopic (exact) mass is 246 g/mol. The number of nitrogens with zero attached hydrogens (tertiary/aromatic N) is 2. The standard InChI is InChI=1S/C14H18N2O2/c1-14(2,3)18-13(17)16(4)12(10-15)11-8-6-5-7-9-11/h5-9,12H,1-4H3. The minimum Gasteiger partial charge on any atom is -0.444 e. The predicted octanol–water partition coefficient (Wildman–Crippen LogP) is 3.12. The number of ether oxygens (including phenoxy) is 1. The van der Waals surface area contributed by atoms with E-state index in [1.165, 1.54) is 4.90 Å². The van der Waals surface area contributed by atoms with Crippen LogP contribution >= 0.6 is 0 Å². The molecule has 0 aliphatic heterocycles. The molecule has 4 nitrogen and oxygen atoms in total. The Hall–Kier alpha value is -2.02. The second-order valence-electron chi connectivity index (χ2n) is 5.03. The second kappa shape index (κ2) is 5.54. The molecular weight excluding hydrogens is 228 g/mol. The van der Waals surface area contributed by atoms with Gasteiger partial charge in [0, 0.05) is 7.05 Å². The zero-order valence-electron chi connectivity index (χ0n) is 11.2. The second-order valence-corrected chi connectivity index (χ2v) is 5.03. The lowest BCUT2D eigenvalue weighted by Gasteiger charge is -2.27. The van der Waals surface area contributed by atoms with Crippen LogP contribution in [0.5, 0.6) is 0 Å². The first-order valence-corrected chi connectivity index (χ1v) is 5.75. The van der Waals surface area contributed by atoms with Crippen molar-refractivity contribution >= 4 is 6.09 Å². The minimum absolute atomic E-state index is 0.502. The summed E-state index contributed by atoms with van der Waals surface area (Å²) in [6, 6.07) is 10.6. The van der Waals surface area contributed by atoms with Gasteiger partial charge in [-0.1, -0.05) is 30.3 Å². The molecule has 1 unspecified atom stereocenters. The summed E-state index contributed by atoms with van der Waals surface area (Å²) in [5, 5.41) is 9.20. The zero-order chi connectivity index (χ0) is 13.8. The molecule has 0 bridgehead atoms. The molecule has 0 aromatic heterocycles. The maximum Gasteiger partial charge on any atom is 0.411 e. The first-order chi connectivity index (χ1) is 8.35. The van der Waals surface area contributed by atoms with Crippen LogP contribution in [0.3, 0.4) is 0 Å². The SMILES string of the molecule is CN(C(=O)OC(C)(C)C)C(C#N)c1ccccc1. The summed E-state index contributed by atoms with van der Waals surface area (Å²) in [5.74, 6) is 0. The number of amides is 1. The predicted molar refractivity (Wildman–Crippen MR) is 68.8 cm³/mol. The van der Waals surface area contributed by atoms with Gasteiger partial charge in [0.1, 0.15) is 11.6 Å². The Morgan fingerprint density at radius 3 is 2.33 bits per heavy atom. The highest BCUT2D eigenvalue weighted by atomic mass is 16.6. The van der Waals surface area contributed by atoms with E-state index in [-0.39, 0.29) is 0 Å². The van der Waals surface area contributed by atoms with Crippen molar-refractivity contribution < 1.29 is 9.53 Å². The number of benzene rings is 1. The molecule has 1 aromatic rings. The molecule has 1 rings (SSSR count). The van der Waals surface area contributed by atoms with Gasteiger partial charge in [-0.3, -0.25) is 4.90 Å². The molecule has 96 valence electrons. The van der Waals surface area contributed by atoms with Crippen LogP contribution < -0.4 is 0 Å². The largest absolute Gasteiger partial charge is 0.444 e. The van der Waals surface area contributed by atoms with Crippen LogP contribution in [0.15, 0.2) is 30.3 Å². The fraction of sp³-hybridized carbons (Fsp3) is 0.429. The lowest BCUT2D eigenvalue weighted by Crippen LogP contribution is -2.36. The van der Waals surface area contributed by atoms with E-state index in [1.54, 1.807) is 27.8 Å². The average molecular weight is 246 g/mol. The molecule has 18 heavy (non-hydrogen) atoms. The van der Waals surface area contributed by atoms with Gasteiger partial charge < -0.3 is 4.74 Å². The van der Waals surface area contributed by atoms with Crippen molar-refractivity contribution in [3.63, 3.8) is 0 Å². The van der Waals surface area contributed by atoms with Crippen molar-refractivity contribution in [2.24, 2.45) is 0 Å². The zero-order valence-corrected chi connectivity index (χ0v) is 11.2. The Balaban J connectivity index is 2.85. The molecule has 0 saturated heterocycles. The van der Waals surface area contributed by atoms with Crippen LogP contribution in [0, 0.1) is 11.3 Å². The van der Waals surface area contributed by atoms with Gasteiger partial charge in [0.05, 0.1) is 6.07 Å². The van der Waals surface area contributed by atoms with Crippen molar-refractivity contribution in [3.05, 3.63) is 35.9 Å². The number of nitriles is 1. The van der Waals surface area contributed by atoms with E-state index in [4.69, 9.17) is 4.74 Å². The van der Waals surface area contributed by atoms with Gasteiger partial charge in [0.25, 0.3) is 0 Å². The first-order valence-electron chi connectivity index (χ1n) is 5.75.